The van der Waals surface area contributed by atoms with Gasteiger partial charge in [0.2, 0.25) is 0 Å². The highest BCUT2D eigenvalue weighted by molar-refractivity contribution is 7.99. The summed E-state index contributed by atoms with van der Waals surface area (Å²) in [6.07, 6.45) is 2.25. The van der Waals surface area contributed by atoms with Crippen molar-refractivity contribution in [2.45, 2.75) is 25.3 Å². The van der Waals surface area contributed by atoms with Crippen LogP contribution in [0.3, 0.4) is 0 Å². The van der Waals surface area contributed by atoms with Crippen molar-refractivity contribution in [1.29, 1.82) is 0 Å². The van der Waals surface area contributed by atoms with E-state index in [-0.39, 0.29) is 18.0 Å². The number of aliphatic imine (C=N–C) groups is 1. The van der Waals surface area contributed by atoms with Gasteiger partial charge < -0.3 is 5.73 Å². The van der Waals surface area contributed by atoms with Crippen molar-refractivity contribution in [2.75, 3.05) is 11.5 Å². The molecule has 0 saturated carbocycles. The Labute approximate surface area is 161 Å². The minimum absolute atomic E-state index is 0.131. The maximum absolute atomic E-state index is 14.5. The van der Waals surface area contributed by atoms with Gasteiger partial charge >= 0.3 is 0 Å². The van der Waals surface area contributed by atoms with E-state index in [4.69, 9.17) is 17.3 Å². The fraction of sp³-hybridized carbons (Fsp3) is 0.316. The SMILES string of the molecule is C[C@@]1(c2cc(CC(=O)c3ccc(Cl)cn3)ccc2F)CCSCC(N)=N1. The number of hydrogen-bond acceptors (Lipinski definition) is 5. The van der Waals surface area contributed by atoms with Crippen molar-refractivity contribution in [1.82, 2.24) is 4.98 Å². The average molecular weight is 392 g/mol. The number of aromatic nitrogens is 1. The molecule has 1 atom stereocenters. The molecule has 0 fully saturated rings. The summed E-state index contributed by atoms with van der Waals surface area (Å²) < 4.78 is 14.5. The lowest BCUT2D eigenvalue weighted by Crippen LogP contribution is -2.25. The molecule has 4 nitrogen and oxygen atoms in total. The van der Waals surface area contributed by atoms with E-state index in [0.29, 0.717) is 34.3 Å². The Morgan fingerprint density at radius 1 is 1.38 bits per heavy atom. The Hall–Kier alpha value is -1.92. The smallest absolute Gasteiger partial charge is 0.185 e. The molecule has 0 amide bonds. The number of nitrogens with two attached hydrogens (primary N) is 1. The molecule has 0 aliphatic carbocycles. The zero-order valence-electron chi connectivity index (χ0n) is 14.3. The number of thioether (sulfide) groups is 1. The number of amidine groups is 1. The van der Waals surface area contributed by atoms with Crippen molar-refractivity contribution in [2.24, 2.45) is 10.7 Å². The average Bonchev–Trinajstić information content (AvgIpc) is 2.78. The van der Waals surface area contributed by atoms with Crippen molar-refractivity contribution in [3.63, 3.8) is 0 Å². The lowest BCUT2D eigenvalue weighted by Gasteiger charge is -2.26. The first kappa shape index (κ1) is 18.9. The van der Waals surface area contributed by atoms with Crippen LogP contribution in [0.15, 0.2) is 41.5 Å². The molecule has 2 heterocycles. The molecule has 0 spiro atoms. The highest BCUT2D eigenvalue weighted by Crippen LogP contribution is 2.35. The van der Waals surface area contributed by atoms with Gasteiger partial charge in [0.05, 0.1) is 16.3 Å². The van der Waals surface area contributed by atoms with E-state index in [2.05, 4.69) is 9.98 Å². The standard InChI is InChI=1S/C19H19ClFN3OS/c1-19(6-7-26-11-18(22)24-19)14-8-12(2-4-15(14)21)9-17(25)16-5-3-13(20)10-23-16/h2-5,8,10H,6-7,9,11H2,1H3,(H2,22,24)/t19-/m0/s1. The molecule has 3 rings (SSSR count). The fourth-order valence-electron chi connectivity index (χ4n) is 2.96. The second kappa shape index (κ2) is 7.76. The van der Waals surface area contributed by atoms with Gasteiger partial charge in [-0.2, -0.15) is 11.8 Å². The Kier molecular flexibility index (Phi) is 5.63. The molecule has 136 valence electrons. The number of pyridine rings is 1. The van der Waals surface area contributed by atoms with Crippen LogP contribution in [-0.2, 0) is 12.0 Å². The van der Waals surface area contributed by atoms with Gasteiger partial charge in [0, 0.05) is 18.2 Å². The van der Waals surface area contributed by atoms with E-state index in [1.54, 1.807) is 36.0 Å². The lowest BCUT2D eigenvalue weighted by atomic mass is 9.87. The summed E-state index contributed by atoms with van der Waals surface area (Å²) in [5, 5.41) is 0.472. The van der Waals surface area contributed by atoms with E-state index in [0.717, 1.165) is 11.3 Å². The summed E-state index contributed by atoms with van der Waals surface area (Å²) >= 11 is 7.49. The second-order valence-electron chi connectivity index (χ2n) is 6.46. The van der Waals surface area contributed by atoms with Crippen LogP contribution in [0, 0.1) is 5.82 Å². The minimum Gasteiger partial charge on any atom is -0.387 e. The third-order valence-electron chi connectivity index (χ3n) is 4.36. The highest BCUT2D eigenvalue weighted by atomic mass is 35.5. The van der Waals surface area contributed by atoms with Crippen LogP contribution in [0.1, 0.15) is 35.0 Å². The Morgan fingerprint density at radius 3 is 2.92 bits per heavy atom. The van der Waals surface area contributed by atoms with Gasteiger partial charge in [-0.25, -0.2) is 4.39 Å². The van der Waals surface area contributed by atoms with Crippen LogP contribution in [0.25, 0.3) is 0 Å². The molecule has 0 unspecified atom stereocenters. The van der Waals surface area contributed by atoms with Crippen LogP contribution in [0.4, 0.5) is 4.39 Å². The first-order chi connectivity index (χ1) is 12.4. The topological polar surface area (TPSA) is 68.3 Å². The van der Waals surface area contributed by atoms with E-state index >= 15 is 0 Å². The molecule has 2 aromatic rings. The van der Waals surface area contributed by atoms with E-state index in [1.807, 2.05) is 6.92 Å². The van der Waals surface area contributed by atoms with Crippen molar-refractivity contribution < 1.29 is 9.18 Å². The third-order valence-corrected chi connectivity index (χ3v) is 5.58. The maximum Gasteiger partial charge on any atom is 0.185 e. The molecule has 26 heavy (non-hydrogen) atoms. The minimum atomic E-state index is -0.727. The Bertz CT molecular complexity index is 856. The zero-order chi connectivity index (χ0) is 18.7. The number of hydrogen-bond donors (Lipinski definition) is 1. The molecule has 7 heteroatoms. The molecular weight excluding hydrogens is 373 g/mol. The highest BCUT2D eigenvalue weighted by Gasteiger charge is 2.31. The van der Waals surface area contributed by atoms with Gasteiger partial charge in [-0.3, -0.25) is 14.8 Å². The summed E-state index contributed by atoms with van der Waals surface area (Å²) in [7, 11) is 0. The Morgan fingerprint density at radius 2 is 2.19 bits per heavy atom. The zero-order valence-corrected chi connectivity index (χ0v) is 15.9. The number of halogens is 2. The number of carbonyl (C=O) groups is 1. The van der Waals surface area contributed by atoms with Crippen molar-refractivity contribution in [3.05, 3.63) is 64.2 Å². The predicted molar refractivity (Wildman–Crippen MR) is 105 cm³/mol. The summed E-state index contributed by atoms with van der Waals surface area (Å²) in [6.45, 7) is 1.89. The molecule has 1 aromatic carbocycles. The summed E-state index contributed by atoms with van der Waals surface area (Å²) in [5.74, 6) is 1.53. The van der Waals surface area contributed by atoms with Crippen molar-refractivity contribution >= 4 is 35.0 Å². The van der Waals surface area contributed by atoms with Crippen molar-refractivity contribution in [3.8, 4) is 0 Å². The first-order valence-corrected chi connectivity index (χ1v) is 9.76. The number of carbonyl (C=O) groups excluding carboxylic acids is 1. The monoisotopic (exact) mass is 391 g/mol. The molecule has 1 aliphatic rings. The predicted octanol–water partition coefficient (Wildman–Crippen LogP) is 4.01. The fourth-order valence-corrected chi connectivity index (χ4v) is 4.03. The summed E-state index contributed by atoms with van der Waals surface area (Å²) in [5.41, 5.74) is 6.73. The van der Waals surface area contributed by atoms with Gasteiger partial charge in [0.1, 0.15) is 17.3 Å². The molecule has 1 aromatic heterocycles. The van der Waals surface area contributed by atoms with Gasteiger partial charge in [0.25, 0.3) is 0 Å². The van der Waals surface area contributed by atoms with E-state index in [9.17, 15) is 9.18 Å². The van der Waals surface area contributed by atoms with Gasteiger partial charge in [-0.05, 0) is 48.9 Å². The molecule has 0 saturated heterocycles. The normalized spacial score (nSPS) is 20.3. The van der Waals surface area contributed by atoms with E-state index in [1.165, 1.54) is 12.3 Å². The maximum atomic E-state index is 14.5. The number of rotatable bonds is 4. The molecular formula is C19H19ClFN3OS. The largest absolute Gasteiger partial charge is 0.387 e. The summed E-state index contributed by atoms with van der Waals surface area (Å²) in [4.78, 5) is 21.0. The number of ketones is 1. The first-order valence-electron chi connectivity index (χ1n) is 8.23. The summed E-state index contributed by atoms with van der Waals surface area (Å²) in [6, 6.07) is 7.94. The van der Waals surface area contributed by atoms with E-state index < -0.39 is 5.54 Å². The Balaban J connectivity index is 1.89. The van der Waals surface area contributed by atoms with Crippen LogP contribution in [0.2, 0.25) is 5.02 Å². The van der Waals surface area contributed by atoms with Gasteiger partial charge in [0.15, 0.2) is 5.78 Å². The van der Waals surface area contributed by atoms with Gasteiger partial charge in [-0.1, -0.05) is 17.7 Å². The second-order valence-corrected chi connectivity index (χ2v) is 8.00. The molecule has 2 N–H and O–H groups in total. The molecule has 1 aliphatic heterocycles. The number of benzene rings is 1. The lowest BCUT2D eigenvalue weighted by molar-refractivity contribution is 0.0988. The van der Waals surface area contributed by atoms with Crippen LogP contribution in [0.5, 0.6) is 0 Å². The van der Waals surface area contributed by atoms with Crippen LogP contribution in [-0.4, -0.2) is 28.1 Å². The third kappa shape index (κ3) is 4.24. The van der Waals surface area contributed by atoms with Gasteiger partial charge in [-0.15, -0.1) is 0 Å². The van der Waals surface area contributed by atoms with Crippen LogP contribution >= 0.6 is 23.4 Å². The number of nitrogens with zero attached hydrogens (tertiary/aromatic N) is 2. The quantitative estimate of drug-likeness (QED) is 0.799. The van der Waals surface area contributed by atoms with Crippen LogP contribution < -0.4 is 5.73 Å². The molecule has 0 radical (unpaired) electrons. The molecule has 0 bridgehead atoms. The number of Topliss-reactive ketones (excluding diaryl/α,β-unsaturated/α-hetero) is 1.